The summed E-state index contributed by atoms with van der Waals surface area (Å²) in [4.78, 5) is 26.8. The van der Waals surface area contributed by atoms with E-state index in [4.69, 9.17) is 4.74 Å². The number of hydrogen-bond acceptors (Lipinski definition) is 5. The number of hydrogen-bond donors (Lipinski definition) is 1. The first kappa shape index (κ1) is 32.0. The first-order chi connectivity index (χ1) is 19.3. The molecule has 0 saturated heterocycles. The Bertz CT molecular complexity index is 1460. The van der Waals surface area contributed by atoms with Gasteiger partial charge >= 0.3 is 11.9 Å². The van der Waals surface area contributed by atoms with Crippen LogP contribution in [0.4, 0.5) is 0 Å². The zero-order valence-corrected chi connectivity index (χ0v) is 26.4. The number of carbonyl (C=O) groups excluding carboxylic acids is 1. The fraction of sp³-hybridized carbons (Fsp3) is 0.257. The molecule has 4 aromatic rings. The summed E-state index contributed by atoms with van der Waals surface area (Å²) >= 11 is 3.06. The molecule has 0 aliphatic heterocycles. The van der Waals surface area contributed by atoms with Crippen molar-refractivity contribution in [2.24, 2.45) is 0 Å². The molecule has 0 fully saturated rings. The molecule has 0 aromatic heterocycles. The van der Waals surface area contributed by atoms with Gasteiger partial charge < -0.3 is 9.84 Å². The van der Waals surface area contributed by atoms with Crippen LogP contribution in [0.3, 0.4) is 0 Å². The Kier molecular flexibility index (Phi) is 10.9. The Morgan fingerprint density at radius 1 is 0.585 bits per heavy atom. The molecule has 0 aliphatic rings. The molecule has 4 rings (SSSR count). The van der Waals surface area contributed by atoms with Gasteiger partial charge in [-0.2, -0.15) is 0 Å². The van der Waals surface area contributed by atoms with Crippen LogP contribution in [-0.4, -0.2) is 24.2 Å². The summed E-state index contributed by atoms with van der Waals surface area (Å²) in [6, 6.07) is 31.4. The molecule has 0 spiro atoms. The standard InChI is InChI=1S/C18H20O2S.C17H18O2S/c1-18(2,3)13-9-11-14(12-10-13)21-16-8-6-5-7-15(16)17(19)20-4;1-17(2,3)12-8-10-13(11-9-12)20-15-7-5-4-6-14(15)16(18)19/h5-12H,1-4H3;4-11H,1-3H3,(H,18,19). The lowest BCUT2D eigenvalue weighted by atomic mass is 9.87. The van der Waals surface area contributed by atoms with Crippen LogP contribution in [0.1, 0.15) is 73.4 Å². The second-order valence-corrected chi connectivity index (χ2v) is 13.8. The predicted octanol–water partition coefficient (Wildman–Crippen LogP) is 9.76. The number of carbonyl (C=O) groups is 2. The minimum absolute atomic E-state index is 0.127. The molecule has 0 amide bonds. The topological polar surface area (TPSA) is 63.6 Å². The van der Waals surface area contributed by atoms with Crippen molar-refractivity contribution < 1.29 is 19.4 Å². The summed E-state index contributed by atoms with van der Waals surface area (Å²) in [7, 11) is 1.40. The number of carboxylic acids is 1. The third-order valence-electron chi connectivity index (χ3n) is 6.31. The van der Waals surface area contributed by atoms with Crippen molar-refractivity contribution >= 4 is 35.5 Å². The van der Waals surface area contributed by atoms with Crippen molar-refractivity contribution in [3.63, 3.8) is 0 Å². The Morgan fingerprint density at radius 2 is 0.951 bits per heavy atom. The van der Waals surface area contributed by atoms with Crippen molar-refractivity contribution in [3.05, 3.63) is 119 Å². The molecular weight excluding hydrogens is 549 g/mol. The van der Waals surface area contributed by atoms with Gasteiger partial charge in [0.1, 0.15) is 0 Å². The van der Waals surface area contributed by atoms with E-state index in [0.29, 0.717) is 11.1 Å². The number of aromatic carboxylic acids is 1. The van der Waals surface area contributed by atoms with Gasteiger partial charge in [-0.3, -0.25) is 0 Å². The summed E-state index contributed by atoms with van der Waals surface area (Å²) in [6.07, 6.45) is 0. The number of methoxy groups -OCH3 is 1. The largest absolute Gasteiger partial charge is 0.478 e. The Balaban J connectivity index is 0.000000226. The van der Waals surface area contributed by atoms with E-state index in [1.165, 1.54) is 30.0 Å². The van der Waals surface area contributed by atoms with Gasteiger partial charge in [0.15, 0.2) is 0 Å². The molecule has 0 radical (unpaired) electrons. The number of benzene rings is 4. The SMILES string of the molecule is CC(C)(C)c1ccc(Sc2ccccc2C(=O)O)cc1.COC(=O)c1ccccc1Sc1ccc(C(C)(C)C)cc1. The fourth-order valence-corrected chi connectivity index (χ4v) is 5.74. The van der Waals surface area contributed by atoms with E-state index in [2.05, 4.69) is 77.9 Å². The molecule has 0 aliphatic carbocycles. The molecule has 214 valence electrons. The predicted molar refractivity (Wildman–Crippen MR) is 170 cm³/mol. The van der Waals surface area contributed by atoms with E-state index in [-0.39, 0.29) is 16.8 Å². The van der Waals surface area contributed by atoms with Gasteiger partial charge in [0.25, 0.3) is 0 Å². The van der Waals surface area contributed by atoms with E-state index in [1.54, 1.807) is 30.0 Å². The second-order valence-electron chi connectivity index (χ2n) is 11.5. The highest BCUT2D eigenvalue weighted by molar-refractivity contribution is 7.99. The third-order valence-corrected chi connectivity index (χ3v) is 8.47. The molecular formula is C35H38O4S2. The van der Waals surface area contributed by atoms with Crippen molar-refractivity contribution in [1.82, 2.24) is 0 Å². The summed E-state index contributed by atoms with van der Waals surface area (Å²) in [6.45, 7) is 13.1. The molecule has 0 atom stereocenters. The van der Waals surface area contributed by atoms with Gasteiger partial charge in [-0.05, 0) is 70.5 Å². The van der Waals surface area contributed by atoms with E-state index < -0.39 is 5.97 Å². The van der Waals surface area contributed by atoms with Gasteiger partial charge in [0.2, 0.25) is 0 Å². The summed E-state index contributed by atoms with van der Waals surface area (Å²) in [5.41, 5.74) is 3.79. The summed E-state index contributed by atoms with van der Waals surface area (Å²) in [5, 5.41) is 9.18. The number of esters is 1. The number of ether oxygens (including phenoxy) is 1. The maximum Gasteiger partial charge on any atom is 0.339 e. The van der Waals surface area contributed by atoms with E-state index in [9.17, 15) is 14.7 Å². The number of rotatable bonds is 6. The van der Waals surface area contributed by atoms with Gasteiger partial charge in [-0.25, -0.2) is 9.59 Å². The third kappa shape index (κ3) is 9.27. The van der Waals surface area contributed by atoms with Gasteiger partial charge in [-0.15, -0.1) is 0 Å². The number of carboxylic acid groups (broad SMARTS) is 1. The lowest BCUT2D eigenvalue weighted by Crippen LogP contribution is -2.10. The fourth-order valence-electron chi connectivity index (χ4n) is 3.87. The molecule has 1 N–H and O–H groups in total. The first-order valence-electron chi connectivity index (χ1n) is 13.4. The van der Waals surface area contributed by atoms with Crippen LogP contribution >= 0.6 is 23.5 Å². The van der Waals surface area contributed by atoms with Crippen LogP contribution in [0, 0.1) is 0 Å². The van der Waals surface area contributed by atoms with Crippen molar-refractivity contribution in [3.8, 4) is 0 Å². The molecule has 41 heavy (non-hydrogen) atoms. The van der Waals surface area contributed by atoms with E-state index in [0.717, 1.165) is 19.6 Å². The molecule has 0 saturated carbocycles. The van der Waals surface area contributed by atoms with Crippen LogP contribution in [0.5, 0.6) is 0 Å². The van der Waals surface area contributed by atoms with Crippen LogP contribution in [-0.2, 0) is 15.6 Å². The minimum atomic E-state index is -0.889. The zero-order chi connectivity index (χ0) is 30.2. The van der Waals surface area contributed by atoms with Gasteiger partial charge in [-0.1, -0.05) is 114 Å². The molecule has 0 bridgehead atoms. The Labute approximate surface area is 252 Å². The van der Waals surface area contributed by atoms with Crippen LogP contribution in [0.15, 0.2) is 117 Å². The lowest BCUT2D eigenvalue weighted by Gasteiger charge is -2.19. The smallest absolute Gasteiger partial charge is 0.339 e. The molecule has 6 heteroatoms. The van der Waals surface area contributed by atoms with Crippen LogP contribution in [0.25, 0.3) is 0 Å². The van der Waals surface area contributed by atoms with E-state index >= 15 is 0 Å². The highest BCUT2D eigenvalue weighted by atomic mass is 32.2. The van der Waals surface area contributed by atoms with Crippen LogP contribution in [0.2, 0.25) is 0 Å². The van der Waals surface area contributed by atoms with Crippen molar-refractivity contribution in [1.29, 1.82) is 0 Å². The Hall–Kier alpha value is -3.48. The second kappa shape index (κ2) is 13.9. The molecule has 4 nitrogen and oxygen atoms in total. The van der Waals surface area contributed by atoms with Crippen molar-refractivity contribution in [2.75, 3.05) is 7.11 Å². The monoisotopic (exact) mass is 586 g/mol. The zero-order valence-electron chi connectivity index (χ0n) is 24.7. The lowest BCUT2D eigenvalue weighted by molar-refractivity contribution is 0.0596. The van der Waals surface area contributed by atoms with Gasteiger partial charge in [0.05, 0.1) is 18.2 Å². The first-order valence-corrected chi connectivity index (χ1v) is 15.0. The Morgan fingerprint density at radius 3 is 1.32 bits per heavy atom. The highest BCUT2D eigenvalue weighted by Gasteiger charge is 2.16. The summed E-state index contributed by atoms with van der Waals surface area (Å²) in [5.74, 6) is -1.19. The summed E-state index contributed by atoms with van der Waals surface area (Å²) < 4.78 is 4.83. The molecule has 0 unspecified atom stereocenters. The normalized spacial score (nSPS) is 11.3. The average molecular weight is 587 g/mol. The van der Waals surface area contributed by atoms with Crippen molar-refractivity contribution in [2.45, 2.75) is 72.0 Å². The van der Waals surface area contributed by atoms with Crippen LogP contribution < -0.4 is 0 Å². The minimum Gasteiger partial charge on any atom is -0.478 e. The molecule has 4 aromatic carbocycles. The maximum atomic E-state index is 11.8. The molecule has 0 heterocycles. The highest BCUT2D eigenvalue weighted by Crippen LogP contribution is 2.33. The van der Waals surface area contributed by atoms with Gasteiger partial charge in [0, 0.05) is 19.6 Å². The average Bonchev–Trinajstić information content (AvgIpc) is 2.93. The van der Waals surface area contributed by atoms with E-state index in [1.807, 2.05) is 42.5 Å². The quantitative estimate of drug-likeness (QED) is 0.227. The maximum absolute atomic E-state index is 11.8.